The van der Waals surface area contributed by atoms with Gasteiger partial charge in [-0.15, -0.1) is 11.8 Å². The third-order valence-corrected chi connectivity index (χ3v) is 2.78. The number of aromatic nitrogens is 2. The van der Waals surface area contributed by atoms with Crippen LogP contribution in [0.25, 0.3) is 0 Å². The number of hydrazine groups is 1. The number of aryl methyl sites for hydroxylation is 1. The van der Waals surface area contributed by atoms with Crippen molar-refractivity contribution < 1.29 is 0 Å². The Bertz CT molecular complexity index is 268. The molecule has 1 heterocycles. The monoisotopic (exact) mass is 212 g/mol. The predicted molar refractivity (Wildman–Crippen MR) is 60.2 cm³/mol. The minimum atomic E-state index is 0.690. The molecule has 0 aliphatic rings. The highest BCUT2D eigenvalue weighted by atomic mass is 32.2. The average molecular weight is 212 g/mol. The van der Waals surface area contributed by atoms with E-state index in [0.29, 0.717) is 5.82 Å². The van der Waals surface area contributed by atoms with Gasteiger partial charge < -0.3 is 5.43 Å². The molecular weight excluding hydrogens is 196 g/mol. The second-order valence-corrected chi connectivity index (χ2v) is 3.97. The van der Waals surface area contributed by atoms with Crippen LogP contribution in [-0.2, 0) is 6.42 Å². The maximum Gasteiger partial charge on any atom is 0.144 e. The van der Waals surface area contributed by atoms with Crippen molar-refractivity contribution in [1.29, 1.82) is 0 Å². The quantitative estimate of drug-likeness (QED) is 0.337. The van der Waals surface area contributed by atoms with Crippen molar-refractivity contribution in [3.05, 3.63) is 11.9 Å². The molecule has 4 nitrogen and oxygen atoms in total. The van der Waals surface area contributed by atoms with E-state index < -0.39 is 0 Å². The number of hydrogen-bond acceptors (Lipinski definition) is 5. The van der Waals surface area contributed by atoms with E-state index in [1.165, 1.54) is 0 Å². The zero-order valence-electron chi connectivity index (χ0n) is 8.58. The number of rotatable bonds is 5. The maximum absolute atomic E-state index is 5.32. The van der Waals surface area contributed by atoms with Crippen molar-refractivity contribution in [2.75, 3.05) is 11.2 Å². The molecule has 0 atom stereocenters. The van der Waals surface area contributed by atoms with Crippen molar-refractivity contribution in [3.8, 4) is 0 Å². The van der Waals surface area contributed by atoms with Gasteiger partial charge in [0.1, 0.15) is 16.7 Å². The lowest BCUT2D eigenvalue weighted by atomic mass is 10.4. The number of nitrogens with one attached hydrogen (secondary N) is 1. The lowest BCUT2D eigenvalue weighted by molar-refractivity contribution is 0.887. The summed E-state index contributed by atoms with van der Waals surface area (Å²) in [4.78, 5) is 8.61. The van der Waals surface area contributed by atoms with Crippen LogP contribution in [0.3, 0.4) is 0 Å². The number of thioether (sulfide) groups is 1. The molecule has 5 heteroatoms. The van der Waals surface area contributed by atoms with Crippen LogP contribution in [0.2, 0.25) is 0 Å². The number of nitrogen functional groups attached to an aromatic ring is 1. The van der Waals surface area contributed by atoms with Crippen LogP contribution in [0.15, 0.2) is 11.1 Å². The fraction of sp³-hybridized carbons (Fsp3) is 0.556. The molecule has 0 saturated carbocycles. The standard InChI is InChI=1S/C9H16N4S/c1-3-5-14-9-6-8(13-10)11-7(4-2)12-9/h6H,3-5,10H2,1-2H3,(H,11,12,13). The van der Waals surface area contributed by atoms with Gasteiger partial charge in [0.05, 0.1) is 0 Å². The summed E-state index contributed by atoms with van der Waals surface area (Å²) in [6.07, 6.45) is 1.97. The first-order valence-electron chi connectivity index (χ1n) is 4.77. The van der Waals surface area contributed by atoms with Crippen LogP contribution in [0.5, 0.6) is 0 Å². The number of nitrogens with two attached hydrogens (primary N) is 1. The first-order chi connectivity index (χ1) is 6.80. The van der Waals surface area contributed by atoms with Crippen LogP contribution in [0.1, 0.15) is 26.1 Å². The highest BCUT2D eigenvalue weighted by Crippen LogP contribution is 2.18. The topological polar surface area (TPSA) is 63.8 Å². The second-order valence-electron chi connectivity index (χ2n) is 2.85. The van der Waals surface area contributed by atoms with E-state index in [0.717, 1.165) is 29.4 Å². The molecule has 1 aromatic heterocycles. The second kappa shape index (κ2) is 5.82. The zero-order valence-corrected chi connectivity index (χ0v) is 9.40. The molecular formula is C9H16N4S. The molecule has 78 valence electrons. The van der Waals surface area contributed by atoms with Crippen LogP contribution >= 0.6 is 11.8 Å². The van der Waals surface area contributed by atoms with Crippen molar-refractivity contribution >= 4 is 17.6 Å². The summed E-state index contributed by atoms with van der Waals surface area (Å²) in [5.41, 5.74) is 2.55. The van der Waals surface area contributed by atoms with Gasteiger partial charge in [-0.3, -0.25) is 0 Å². The van der Waals surface area contributed by atoms with Gasteiger partial charge >= 0.3 is 0 Å². The molecule has 14 heavy (non-hydrogen) atoms. The van der Waals surface area contributed by atoms with E-state index >= 15 is 0 Å². The van der Waals surface area contributed by atoms with Crippen LogP contribution in [-0.4, -0.2) is 15.7 Å². The Kier molecular flexibility index (Phi) is 4.69. The van der Waals surface area contributed by atoms with Crippen molar-refractivity contribution in [1.82, 2.24) is 9.97 Å². The molecule has 0 fully saturated rings. The minimum absolute atomic E-state index is 0.690. The number of hydrogen-bond donors (Lipinski definition) is 2. The van der Waals surface area contributed by atoms with Crippen molar-refractivity contribution in [3.63, 3.8) is 0 Å². The lowest BCUT2D eigenvalue weighted by Gasteiger charge is -2.05. The largest absolute Gasteiger partial charge is 0.308 e. The smallest absolute Gasteiger partial charge is 0.144 e. The normalized spacial score (nSPS) is 10.2. The number of anilines is 1. The summed E-state index contributed by atoms with van der Waals surface area (Å²) in [5, 5.41) is 0.992. The van der Waals surface area contributed by atoms with Crippen molar-refractivity contribution in [2.45, 2.75) is 31.7 Å². The van der Waals surface area contributed by atoms with Crippen molar-refractivity contribution in [2.24, 2.45) is 5.84 Å². The van der Waals surface area contributed by atoms with Crippen LogP contribution < -0.4 is 11.3 Å². The molecule has 0 unspecified atom stereocenters. The Labute approximate surface area is 88.7 Å². The summed E-state index contributed by atoms with van der Waals surface area (Å²) in [6, 6.07) is 1.87. The van der Waals surface area contributed by atoms with E-state index in [1.54, 1.807) is 11.8 Å². The zero-order chi connectivity index (χ0) is 10.4. The Morgan fingerprint density at radius 1 is 1.43 bits per heavy atom. The van der Waals surface area contributed by atoms with E-state index in [2.05, 4.69) is 22.3 Å². The number of nitrogens with zero attached hydrogens (tertiary/aromatic N) is 2. The van der Waals surface area contributed by atoms with Gasteiger partial charge in [-0.2, -0.15) is 0 Å². The van der Waals surface area contributed by atoms with E-state index in [-0.39, 0.29) is 0 Å². The van der Waals surface area contributed by atoms with Gasteiger partial charge in [-0.05, 0) is 12.2 Å². The molecule has 0 aliphatic carbocycles. The summed E-state index contributed by atoms with van der Waals surface area (Å²) in [6.45, 7) is 4.18. The van der Waals surface area contributed by atoms with Gasteiger partial charge in [0.15, 0.2) is 0 Å². The van der Waals surface area contributed by atoms with Gasteiger partial charge in [0.2, 0.25) is 0 Å². The highest BCUT2D eigenvalue weighted by molar-refractivity contribution is 7.99. The first-order valence-corrected chi connectivity index (χ1v) is 5.76. The Morgan fingerprint density at radius 3 is 2.79 bits per heavy atom. The Hall–Kier alpha value is -0.810. The summed E-state index contributed by atoms with van der Waals surface area (Å²) in [7, 11) is 0. The summed E-state index contributed by atoms with van der Waals surface area (Å²) < 4.78 is 0. The summed E-state index contributed by atoms with van der Waals surface area (Å²) >= 11 is 1.73. The van der Waals surface area contributed by atoms with Gasteiger partial charge in [0, 0.05) is 12.5 Å². The summed E-state index contributed by atoms with van der Waals surface area (Å²) in [5.74, 6) is 7.92. The lowest BCUT2D eigenvalue weighted by Crippen LogP contribution is -2.10. The minimum Gasteiger partial charge on any atom is -0.308 e. The molecule has 0 saturated heterocycles. The molecule has 0 bridgehead atoms. The fourth-order valence-electron chi connectivity index (χ4n) is 0.985. The van der Waals surface area contributed by atoms with E-state index in [4.69, 9.17) is 5.84 Å². The average Bonchev–Trinajstić information content (AvgIpc) is 2.25. The first kappa shape index (κ1) is 11.3. The third-order valence-electron chi connectivity index (χ3n) is 1.67. The van der Waals surface area contributed by atoms with Gasteiger partial charge in [0.25, 0.3) is 0 Å². The third kappa shape index (κ3) is 3.16. The van der Waals surface area contributed by atoms with Gasteiger partial charge in [-0.25, -0.2) is 15.8 Å². The van der Waals surface area contributed by atoms with Crippen LogP contribution in [0.4, 0.5) is 5.82 Å². The molecule has 0 amide bonds. The van der Waals surface area contributed by atoms with E-state index in [1.807, 2.05) is 13.0 Å². The molecule has 1 aromatic rings. The molecule has 0 aliphatic heterocycles. The van der Waals surface area contributed by atoms with Crippen LogP contribution in [0, 0.1) is 0 Å². The van der Waals surface area contributed by atoms with Gasteiger partial charge in [-0.1, -0.05) is 13.8 Å². The Morgan fingerprint density at radius 2 is 2.21 bits per heavy atom. The van der Waals surface area contributed by atoms with E-state index in [9.17, 15) is 0 Å². The molecule has 3 N–H and O–H groups in total. The molecule has 0 spiro atoms. The maximum atomic E-state index is 5.32. The molecule has 1 rings (SSSR count). The predicted octanol–water partition coefficient (Wildman–Crippen LogP) is 1.83. The highest BCUT2D eigenvalue weighted by Gasteiger charge is 2.02. The molecule has 0 aromatic carbocycles. The Balaban J connectivity index is 2.81. The molecule has 0 radical (unpaired) electrons. The SMILES string of the molecule is CCCSc1cc(NN)nc(CC)n1. The fourth-order valence-corrected chi connectivity index (χ4v) is 1.76.